The smallest absolute Gasteiger partial charge is 0.411 e. The van der Waals surface area contributed by atoms with Crippen molar-refractivity contribution in [2.24, 2.45) is 0 Å². The normalized spacial score (nSPS) is 13.1. The molecule has 0 spiro atoms. The second-order valence-corrected chi connectivity index (χ2v) is 5.26. The molecule has 7 nitrogen and oxygen atoms in total. The Morgan fingerprint density at radius 3 is 2.30 bits per heavy atom. The minimum atomic E-state index is -0.672. The number of rotatable bonds is 5. The molecule has 1 atom stereocenters. The molecule has 0 rings (SSSR count). The van der Waals surface area contributed by atoms with Gasteiger partial charge in [-0.2, -0.15) is 0 Å². The molecule has 0 fully saturated rings. The van der Waals surface area contributed by atoms with Gasteiger partial charge in [0.15, 0.2) is 0 Å². The molecule has 0 saturated heterocycles. The molecule has 0 unspecified atom stereocenters. The van der Waals surface area contributed by atoms with Crippen molar-refractivity contribution in [1.29, 1.82) is 0 Å². The standard InChI is InChI=1S/C13H24N2O5/c1-10(7-8-16)15(9-11(17)14(5)19-6)12(18)20-13(2,3)4/h7-8,10,16H,9H2,1-6H3/t10-/m0/s1. The van der Waals surface area contributed by atoms with E-state index < -0.39 is 23.6 Å². The van der Waals surface area contributed by atoms with Crippen molar-refractivity contribution in [2.45, 2.75) is 39.3 Å². The Hall–Kier alpha value is -1.76. The van der Waals surface area contributed by atoms with Crippen molar-refractivity contribution < 1.29 is 24.3 Å². The van der Waals surface area contributed by atoms with Crippen molar-refractivity contribution in [2.75, 3.05) is 20.7 Å². The molecule has 0 aromatic carbocycles. The van der Waals surface area contributed by atoms with Gasteiger partial charge in [-0.1, -0.05) is 0 Å². The molecule has 1 N–H and O–H groups in total. The van der Waals surface area contributed by atoms with Crippen LogP contribution in [0.5, 0.6) is 0 Å². The number of nitrogens with zero attached hydrogens (tertiary/aromatic N) is 2. The van der Waals surface area contributed by atoms with Crippen LogP contribution in [0.1, 0.15) is 27.7 Å². The molecule has 116 valence electrons. The van der Waals surface area contributed by atoms with E-state index in [0.29, 0.717) is 0 Å². The Bertz CT molecular complexity index is 362. The monoisotopic (exact) mass is 288 g/mol. The number of carbonyl (C=O) groups excluding carboxylic acids is 2. The average molecular weight is 288 g/mol. The Morgan fingerprint density at radius 2 is 1.90 bits per heavy atom. The van der Waals surface area contributed by atoms with Gasteiger partial charge in [-0.25, -0.2) is 9.86 Å². The zero-order chi connectivity index (χ0) is 15.9. The van der Waals surface area contributed by atoms with Gasteiger partial charge in [0.1, 0.15) is 12.1 Å². The van der Waals surface area contributed by atoms with E-state index in [2.05, 4.69) is 0 Å². The Morgan fingerprint density at radius 1 is 1.35 bits per heavy atom. The van der Waals surface area contributed by atoms with Crippen LogP contribution < -0.4 is 0 Å². The van der Waals surface area contributed by atoms with Gasteiger partial charge in [0, 0.05) is 7.05 Å². The predicted octanol–water partition coefficient (Wildman–Crippen LogP) is 1.70. The van der Waals surface area contributed by atoms with Gasteiger partial charge < -0.3 is 9.84 Å². The lowest BCUT2D eigenvalue weighted by Crippen LogP contribution is -2.47. The van der Waals surface area contributed by atoms with Gasteiger partial charge in [0.2, 0.25) is 0 Å². The summed E-state index contributed by atoms with van der Waals surface area (Å²) in [6, 6.07) is -0.496. The lowest BCUT2D eigenvalue weighted by molar-refractivity contribution is -0.169. The molecule has 2 amide bonds. The summed E-state index contributed by atoms with van der Waals surface area (Å²) in [7, 11) is 2.80. The summed E-state index contributed by atoms with van der Waals surface area (Å²) in [5.74, 6) is -0.406. The molecule has 0 aliphatic heterocycles. The zero-order valence-corrected chi connectivity index (χ0v) is 12.9. The van der Waals surface area contributed by atoms with Crippen LogP contribution in [0.3, 0.4) is 0 Å². The summed E-state index contributed by atoms with van der Waals surface area (Å²) in [5.41, 5.74) is -0.672. The van der Waals surface area contributed by atoms with Crippen molar-refractivity contribution >= 4 is 12.0 Å². The first-order chi connectivity index (χ1) is 9.12. The van der Waals surface area contributed by atoms with Crippen LogP contribution >= 0.6 is 0 Å². The third-order valence-electron chi connectivity index (χ3n) is 2.41. The highest BCUT2D eigenvalue weighted by Gasteiger charge is 2.27. The van der Waals surface area contributed by atoms with Gasteiger partial charge in [-0.05, 0) is 33.8 Å². The number of carbonyl (C=O) groups is 2. The highest BCUT2D eigenvalue weighted by atomic mass is 16.7. The Kier molecular flexibility index (Phi) is 7.06. The van der Waals surface area contributed by atoms with E-state index in [9.17, 15) is 9.59 Å². The van der Waals surface area contributed by atoms with Crippen LogP contribution in [0.4, 0.5) is 4.79 Å². The molecule has 20 heavy (non-hydrogen) atoms. The number of hydrogen-bond donors (Lipinski definition) is 1. The molecule has 0 aliphatic carbocycles. The maximum absolute atomic E-state index is 12.1. The van der Waals surface area contributed by atoms with E-state index in [1.807, 2.05) is 0 Å². The van der Waals surface area contributed by atoms with Crippen molar-refractivity contribution in [1.82, 2.24) is 9.96 Å². The third-order valence-corrected chi connectivity index (χ3v) is 2.41. The number of hydrogen-bond acceptors (Lipinski definition) is 5. The van der Waals surface area contributed by atoms with Crippen molar-refractivity contribution in [3.8, 4) is 0 Å². The highest BCUT2D eigenvalue weighted by Crippen LogP contribution is 2.13. The van der Waals surface area contributed by atoms with E-state index in [0.717, 1.165) is 11.3 Å². The quantitative estimate of drug-likeness (QED) is 0.615. The number of amides is 2. The fraction of sp³-hybridized carbons (Fsp3) is 0.692. The zero-order valence-electron chi connectivity index (χ0n) is 12.9. The van der Waals surface area contributed by atoms with E-state index >= 15 is 0 Å². The molecule has 0 aliphatic rings. The number of likely N-dealkylation sites (N-methyl/N-ethyl adjacent to an activating group) is 1. The first-order valence-electron chi connectivity index (χ1n) is 6.23. The van der Waals surface area contributed by atoms with Crippen LogP contribution in [0, 0.1) is 0 Å². The maximum atomic E-state index is 12.1. The second kappa shape index (κ2) is 7.74. The number of hydroxylamine groups is 2. The molecular formula is C13H24N2O5. The summed E-state index contributed by atoms with van der Waals surface area (Å²) in [6.45, 7) is 6.65. The Labute approximate surface area is 119 Å². The highest BCUT2D eigenvalue weighted by molar-refractivity contribution is 5.81. The number of ether oxygens (including phenoxy) is 1. The second-order valence-electron chi connectivity index (χ2n) is 5.26. The molecule has 0 bridgehead atoms. The predicted molar refractivity (Wildman–Crippen MR) is 73.9 cm³/mol. The average Bonchev–Trinajstić information content (AvgIpc) is 2.32. The van der Waals surface area contributed by atoms with Gasteiger partial charge in [0.25, 0.3) is 5.91 Å². The minimum Gasteiger partial charge on any atom is -0.516 e. The molecule has 0 aromatic heterocycles. The molecule has 0 aromatic rings. The SMILES string of the molecule is CON(C)C(=O)CN(C(=O)OC(C)(C)C)[C@@H](C)C=CO. The number of aliphatic hydroxyl groups excluding tert-OH is 1. The summed E-state index contributed by atoms with van der Waals surface area (Å²) >= 11 is 0. The summed E-state index contributed by atoms with van der Waals surface area (Å²) in [6.07, 6.45) is 1.57. The van der Waals surface area contributed by atoms with E-state index in [4.69, 9.17) is 14.7 Å². The summed E-state index contributed by atoms with van der Waals surface area (Å²) < 4.78 is 5.24. The van der Waals surface area contributed by atoms with Crippen LogP contribution in [0.25, 0.3) is 0 Å². The van der Waals surface area contributed by atoms with Crippen LogP contribution in [-0.2, 0) is 14.4 Å². The van der Waals surface area contributed by atoms with Crippen LogP contribution in [0.2, 0.25) is 0 Å². The molecular weight excluding hydrogens is 264 g/mol. The first-order valence-corrected chi connectivity index (χ1v) is 6.23. The number of aliphatic hydroxyl groups is 1. The van der Waals surface area contributed by atoms with Gasteiger partial charge >= 0.3 is 6.09 Å². The van der Waals surface area contributed by atoms with Gasteiger partial charge in [0.05, 0.1) is 19.4 Å². The third kappa shape index (κ3) is 6.42. The largest absolute Gasteiger partial charge is 0.516 e. The van der Waals surface area contributed by atoms with Crippen molar-refractivity contribution in [3.05, 3.63) is 12.3 Å². The van der Waals surface area contributed by atoms with Crippen LogP contribution in [-0.4, -0.2) is 59.4 Å². The van der Waals surface area contributed by atoms with E-state index in [1.54, 1.807) is 27.7 Å². The lowest BCUT2D eigenvalue weighted by atomic mass is 10.2. The minimum absolute atomic E-state index is 0.218. The molecule has 0 saturated carbocycles. The van der Waals surface area contributed by atoms with E-state index in [-0.39, 0.29) is 6.54 Å². The van der Waals surface area contributed by atoms with Gasteiger partial charge in [-0.3, -0.25) is 14.5 Å². The Balaban J connectivity index is 4.99. The molecule has 0 radical (unpaired) electrons. The fourth-order valence-electron chi connectivity index (χ4n) is 1.27. The maximum Gasteiger partial charge on any atom is 0.411 e. The van der Waals surface area contributed by atoms with Crippen molar-refractivity contribution in [3.63, 3.8) is 0 Å². The van der Waals surface area contributed by atoms with Crippen LogP contribution in [0.15, 0.2) is 12.3 Å². The van der Waals surface area contributed by atoms with Gasteiger partial charge in [-0.15, -0.1) is 0 Å². The first kappa shape index (κ1) is 18.2. The summed E-state index contributed by atoms with van der Waals surface area (Å²) in [4.78, 5) is 29.9. The molecule has 0 heterocycles. The lowest BCUT2D eigenvalue weighted by Gasteiger charge is -2.30. The molecule has 7 heteroatoms. The fourth-order valence-corrected chi connectivity index (χ4v) is 1.27. The summed E-state index contributed by atoms with van der Waals surface area (Å²) in [5, 5.41) is 9.83. The van der Waals surface area contributed by atoms with E-state index in [1.165, 1.54) is 25.1 Å². The topological polar surface area (TPSA) is 79.3 Å².